The second kappa shape index (κ2) is 7.81. The van der Waals surface area contributed by atoms with E-state index in [2.05, 4.69) is 6.92 Å². The summed E-state index contributed by atoms with van der Waals surface area (Å²) in [6.07, 6.45) is 9.72. The molecule has 1 amide bonds. The minimum atomic E-state index is -0.712. The third-order valence-corrected chi connectivity index (χ3v) is 5.34. The lowest BCUT2D eigenvalue weighted by molar-refractivity contribution is -0.147. The number of carbonyl (C=O) groups excluding carboxylic acids is 1. The summed E-state index contributed by atoms with van der Waals surface area (Å²) in [4.78, 5) is 25.6. The van der Waals surface area contributed by atoms with Crippen LogP contribution < -0.4 is 0 Å². The predicted molar refractivity (Wildman–Crippen MR) is 81.9 cm³/mol. The summed E-state index contributed by atoms with van der Waals surface area (Å²) in [7, 11) is 0. The quantitative estimate of drug-likeness (QED) is 0.846. The van der Waals surface area contributed by atoms with Crippen LogP contribution in [-0.2, 0) is 9.59 Å². The fourth-order valence-electron chi connectivity index (χ4n) is 3.87. The van der Waals surface area contributed by atoms with Gasteiger partial charge in [-0.3, -0.25) is 9.59 Å². The zero-order valence-electron chi connectivity index (χ0n) is 13.2. The first-order valence-corrected chi connectivity index (χ1v) is 8.63. The number of rotatable bonds is 5. The van der Waals surface area contributed by atoms with Crippen LogP contribution in [0.3, 0.4) is 0 Å². The number of nitrogens with zero attached hydrogens (tertiary/aromatic N) is 1. The number of piperidine rings is 1. The van der Waals surface area contributed by atoms with Gasteiger partial charge in [-0.15, -0.1) is 0 Å². The minimum absolute atomic E-state index is 0.148. The van der Waals surface area contributed by atoms with Gasteiger partial charge in [-0.05, 0) is 31.6 Å². The first kappa shape index (κ1) is 16.3. The Morgan fingerprint density at radius 2 is 1.71 bits per heavy atom. The molecule has 0 spiro atoms. The molecule has 2 fully saturated rings. The van der Waals surface area contributed by atoms with Crippen molar-refractivity contribution in [3.05, 3.63) is 0 Å². The topological polar surface area (TPSA) is 57.6 Å². The fraction of sp³-hybridized carbons (Fsp3) is 0.882. The van der Waals surface area contributed by atoms with Gasteiger partial charge >= 0.3 is 5.97 Å². The second-order valence-corrected chi connectivity index (χ2v) is 6.78. The maximum atomic E-state index is 12.7. The van der Waals surface area contributed by atoms with Gasteiger partial charge in [0.05, 0.1) is 5.92 Å². The summed E-state index contributed by atoms with van der Waals surface area (Å²) in [6.45, 7) is 3.35. The molecule has 1 heterocycles. The maximum absolute atomic E-state index is 12.7. The molecule has 0 aromatic carbocycles. The lowest BCUT2D eigenvalue weighted by Crippen LogP contribution is -2.43. The Morgan fingerprint density at radius 1 is 1.10 bits per heavy atom. The van der Waals surface area contributed by atoms with E-state index in [1.54, 1.807) is 0 Å². The van der Waals surface area contributed by atoms with Gasteiger partial charge in [0.2, 0.25) is 5.91 Å². The highest BCUT2D eigenvalue weighted by Gasteiger charge is 2.31. The van der Waals surface area contributed by atoms with Crippen LogP contribution >= 0.6 is 0 Å². The van der Waals surface area contributed by atoms with E-state index in [9.17, 15) is 9.59 Å². The zero-order valence-corrected chi connectivity index (χ0v) is 13.2. The molecule has 2 aliphatic rings. The van der Waals surface area contributed by atoms with E-state index < -0.39 is 5.97 Å². The van der Waals surface area contributed by atoms with Crippen LogP contribution in [0.5, 0.6) is 0 Å². The molecule has 0 bridgehead atoms. The minimum Gasteiger partial charge on any atom is -0.481 e. The van der Waals surface area contributed by atoms with Crippen molar-refractivity contribution in [1.82, 2.24) is 4.90 Å². The van der Waals surface area contributed by atoms with E-state index in [4.69, 9.17) is 5.11 Å². The highest BCUT2D eigenvalue weighted by molar-refractivity contribution is 5.79. The standard InChI is InChI=1S/C17H29NO3/c1-2-14(12-13-6-4-3-5-7-13)16(19)18-10-8-15(9-11-18)17(20)21/h13-15H,2-12H2,1H3,(H,20,21). The van der Waals surface area contributed by atoms with Crippen molar-refractivity contribution in [2.24, 2.45) is 17.8 Å². The Balaban J connectivity index is 1.83. The van der Waals surface area contributed by atoms with Crippen LogP contribution in [0.2, 0.25) is 0 Å². The lowest BCUT2D eigenvalue weighted by atomic mass is 9.81. The molecule has 120 valence electrons. The lowest BCUT2D eigenvalue weighted by Gasteiger charge is -2.34. The van der Waals surface area contributed by atoms with Crippen LogP contribution in [0, 0.1) is 17.8 Å². The number of likely N-dealkylation sites (tertiary alicyclic amines) is 1. The molecule has 1 unspecified atom stereocenters. The highest BCUT2D eigenvalue weighted by atomic mass is 16.4. The fourth-order valence-corrected chi connectivity index (χ4v) is 3.87. The van der Waals surface area contributed by atoms with Gasteiger partial charge in [0, 0.05) is 19.0 Å². The molecular weight excluding hydrogens is 266 g/mol. The monoisotopic (exact) mass is 295 g/mol. The summed E-state index contributed by atoms with van der Waals surface area (Å²) in [6, 6.07) is 0. The first-order chi connectivity index (χ1) is 10.1. The number of amides is 1. The summed E-state index contributed by atoms with van der Waals surface area (Å²) < 4.78 is 0. The molecule has 1 saturated carbocycles. The van der Waals surface area contributed by atoms with Crippen LogP contribution in [0.15, 0.2) is 0 Å². The van der Waals surface area contributed by atoms with E-state index in [1.807, 2.05) is 4.90 Å². The van der Waals surface area contributed by atoms with E-state index >= 15 is 0 Å². The summed E-state index contributed by atoms with van der Waals surface area (Å²) >= 11 is 0. The molecule has 2 rings (SSSR count). The van der Waals surface area contributed by atoms with Gasteiger partial charge in [0.15, 0.2) is 0 Å². The summed E-state index contributed by atoms with van der Waals surface area (Å²) in [5, 5.41) is 9.03. The SMILES string of the molecule is CCC(CC1CCCCC1)C(=O)N1CCC(C(=O)O)CC1. The normalized spacial score (nSPS) is 23.0. The van der Waals surface area contributed by atoms with E-state index in [1.165, 1.54) is 32.1 Å². The third-order valence-electron chi connectivity index (χ3n) is 5.34. The average molecular weight is 295 g/mol. The van der Waals surface area contributed by atoms with Gasteiger partial charge < -0.3 is 10.0 Å². The number of carboxylic acid groups (broad SMARTS) is 1. The Labute approximate surface area is 127 Å². The Hall–Kier alpha value is -1.06. The van der Waals surface area contributed by atoms with Gasteiger partial charge in [0.1, 0.15) is 0 Å². The average Bonchev–Trinajstić information content (AvgIpc) is 2.53. The molecule has 0 aromatic heterocycles. The second-order valence-electron chi connectivity index (χ2n) is 6.78. The van der Waals surface area contributed by atoms with Crippen LogP contribution in [-0.4, -0.2) is 35.0 Å². The Kier molecular flexibility index (Phi) is 6.07. The molecule has 1 N–H and O–H groups in total. The van der Waals surface area contributed by atoms with Crippen LogP contribution in [0.25, 0.3) is 0 Å². The molecule has 1 atom stereocenters. The summed E-state index contributed by atoms with van der Waals surface area (Å²) in [5.74, 6) is 0.175. The van der Waals surface area contributed by atoms with Gasteiger partial charge in [0.25, 0.3) is 0 Å². The number of hydrogen-bond donors (Lipinski definition) is 1. The number of aliphatic carboxylic acids is 1. The van der Waals surface area contributed by atoms with Crippen molar-refractivity contribution >= 4 is 11.9 Å². The van der Waals surface area contributed by atoms with E-state index in [0.717, 1.165) is 18.8 Å². The molecule has 21 heavy (non-hydrogen) atoms. The van der Waals surface area contributed by atoms with Gasteiger partial charge in [-0.1, -0.05) is 39.0 Å². The molecule has 1 aliphatic heterocycles. The molecule has 0 radical (unpaired) electrons. The summed E-state index contributed by atoms with van der Waals surface area (Å²) in [5.41, 5.74) is 0. The molecule has 1 saturated heterocycles. The van der Waals surface area contributed by atoms with Crippen LogP contribution in [0.4, 0.5) is 0 Å². The van der Waals surface area contributed by atoms with Crippen molar-refractivity contribution in [2.45, 2.75) is 64.7 Å². The first-order valence-electron chi connectivity index (χ1n) is 8.63. The molecule has 1 aliphatic carbocycles. The van der Waals surface area contributed by atoms with E-state index in [-0.39, 0.29) is 17.7 Å². The van der Waals surface area contributed by atoms with Gasteiger partial charge in [-0.25, -0.2) is 0 Å². The van der Waals surface area contributed by atoms with Crippen molar-refractivity contribution < 1.29 is 14.7 Å². The maximum Gasteiger partial charge on any atom is 0.306 e. The highest BCUT2D eigenvalue weighted by Crippen LogP contribution is 2.31. The van der Waals surface area contributed by atoms with Crippen molar-refractivity contribution in [1.29, 1.82) is 0 Å². The third kappa shape index (κ3) is 4.45. The van der Waals surface area contributed by atoms with Crippen molar-refractivity contribution in [3.63, 3.8) is 0 Å². The smallest absolute Gasteiger partial charge is 0.306 e. The van der Waals surface area contributed by atoms with Gasteiger partial charge in [-0.2, -0.15) is 0 Å². The Morgan fingerprint density at radius 3 is 2.24 bits per heavy atom. The molecule has 4 heteroatoms. The number of carboxylic acids is 1. The molecular formula is C17H29NO3. The van der Waals surface area contributed by atoms with Crippen molar-refractivity contribution in [3.8, 4) is 0 Å². The molecule has 0 aromatic rings. The van der Waals surface area contributed by atoms with Crippen molar-refractivity contribution in [2.75, 3.05) is 13.1 Å². The zero-order chi connectivity index (χ0) is 15.2. The van der Waals surface area contributed by atoms with E-state index in [0.29, 0.717) is 25.9 Å². The predicted octanol–water partition coefficient (Wildman–Crippen LogP) is 3.31. The largest absolute Gasteiger partial charge is 0.481 e. The number of hydrogen-bond acceptors (Lipinski definition) is 2. The number of carbonyl (C=O) groups is 2. The molecule has 4 nitrogen and oxygen atoms in total. The van der Waals surface area contributed by atoms with Crippen LogP contribution in [0.1, 0.15) is 64.7 Å². The Bertz CT molecular complexity index is 355.